The molecule has 1 aromatic heterocycles. The highest BCUT2D eigenvalue weighted by Gasteiger charge is 2.29. The lowest BCUT2D eigenvalue weighted by molar-refractivity contribution is 0.376. The largest absolute Gasteiger partial charge is 0.497 e. The van der Waals surface area contributed by atoms with Crippen LogP contribution < -0.4 is 14.8 Å². The van der Waals surface area contributed by atoms with E-state index in [4.69, 9.17) is 4.74 Å². The minimum atomic E-state index is -3.40. The Morgan fingerprint density at radius 2 is 1.73 bits per heavy atom. The summed E-state index contributed by atoms with van der Waals surface area (Å²) < 4.78 is 32.7. The third-order valence-corrected chi connectivity index (χ3v) is 8.72. The van der Waals surface area contributed by atoms with E-state index in [1.165, 1.54) is 16.7 Å². The van der Waals surface area contributed by atoms with Crippen LogP contribution in [0.4, 0.5) is 0 Å². The summed E-state index contributed by atoms with van der Waals surface area (Å²) in [4.78, 5) is 4.65. The fourth-order valence-electron chi connectivity index (χ4n) is 5.24. The second kappa shape index (κ2) is 13.7. The monoisotopic (exact) mass is 521 g/mol. The molecule has 2 N–H and O–H groups in total. The molecule has 198 valence electrons. The zero-order valence-corrected chi connectivity index (χ0v) is 22.6. The van der Waals surface area contributed by atoms with Gasteiger partial charge < -0.3 is 10.1 Å². The van der Waals surface area contributed by atoms with E-state index in [0.29, 0.717) is 23.4 Å². The molecule has 7 heteroatoms. The highest BCUT2D eigenvalue weighted by Crippen LogP contribution is 2.36. The van der Waals surface area contributed by atoms with Crippen molar-refractivity contribution in [3.05, 3.63) is 89.7 Å². The van der Waals surface area contributed by atoms with E-state index >= 15 is 0 Å². The van der Waals surface area contributed by atoms with Crippen LogP contribution in [0.15, 0.2) is 78.0 Å². The molecule has 2 atom stereocenters. The van der Waals surface area contributed by atoms with Crippen LogP contribution in [0.1, 0.15) is 61.1 Å². The van der Waals surface area contributed by atoms with Crippen molar-refractivity contribution in [2.75, 3.05) is 20.2 Å². The minimum absolute atomic E-state index is 0.326. The lowest BCUT2D eigenvalue weighted by atomic mass is 9.76. The summed E-state index contributed by atoms with van der Waals surface area (Å²) in [6.45, 7) is 1.48. The molecular formula is C30H39N3O3S. The lowest BCUT2D eigenvalue weighted by Crippen LogP contribution is -2.39. The molecule has 6 nitrogen and oxygen atoms in total. The Kier molecular flexibility index (Phi) is 10.1. The maximum Gasteiger partial charge on any atom is 0.240 e. The van der Waals surface area contributed by atoms with Crippen LogP contribution in [0.25, 0.3) is 0 Å². The van der Waals surface area contributed by atoms with Crippen molar-refractivity contribution < 1.29 is 13.2 Å². The second-order valence-electron chi connectivity index (χ2n) is 9.81. The van der Waals surface area contributed by atoms with E-state index in [0.717, 1.165) is 63.7 Å². The van der Waals surface area contributed by atoms with E-state index in [1.54, 1.807) is 31.4 Å². The van der Waals surface area contributed by atoms with Crippen LogP contribution in [0.5, 0.6) is 5.75 Å². The Morgan fingerprint density at radius 1 is 0.946 bits per heavy atom. The Morgan fingerprint density at radius 3 is 2.49 bits per heavy atom. The number of methoxy groups -OCH3 is 1. The quantitative estimate of drug-likeness (QED) is 0.283. The molecule has 1 aliphatic carbocycles. The summed E-state index contributed by atoms with van der Waals surface area (Å²) in [5.41, 5.74) is 4.09. The first-order chi connectivity index (χ1) is 18.1. The van der Waals surface area contributed by atoms with Crippen molar-refractivity contribution in [3.8, 4) is 5.75 Å². The number of aryl methyl sites for hydroxylation is 1. The van der Waals surface area contributed by atoms with Crippen molar-refractivity contribution >= 4 is 10.0 Å². The minimum Gasteiger partial charge on any atom is -0.497 e. The van der Waals surface area contributed by atoms with Gasteiger partial charge in [-0.1, -0.05) is 49.6 Å². The van der Waals surface area contributed by atoms with E-state index in [9.17, 15) is 8.42 Å². The van der Waals surface area contributed by atoms with Crippen molar-refractivity contribution in [1.29, 1.82) is 0 Å². The standard InChI is InChI=1S/C30H39N3O3S/c1-36-26-15-16-28-25(22-26)14-17-30(29(28)21-24-11-10-18-31-23-24)32-19-8-3-2-4-9-20-33-37(34,35)27-12-6-5-7-13-27/h5-7,10-13,15-16,18,22-23,29-30,32-33H,2-4,8-9,14,17,19-21H2,1H3/t29-,30+/m0/s1. The number of nitrogens with zero attached hydrogens (tertiary/aromatic N) is 1. The Hall–Kier alpha value is -2.74. The zero-order valence-electron chi connectivity index (χ0n) is 21.7. The van der Waals surface area contributed by atoms with E-state index in [-0.39, 0.29) is 0 Å². The number of rotatable bonds is 14. The molecule has 3 aromatic rings. The molecule has 0 bridgehead atoms. The van der Waals surface area contributed by atoms with Crippen LogP contribution in [0, 0.1) is 0 Å². The van der Waals surface area contributed by atoms with Crippen LogP contribution in [0.2, 0.25) is 0 Å². The molecule has 0 aliphatic heterocycles. The first kappa shape index (κ1) is 27.3. The Bertz CT molecular complexity index is 1200. The number of fused-ring (bicyclic) bond motifs is 1. The van der Waals surface area contributed by atoms with Gasteiger partial charge >= 0.3 is 0 Å². The van der Waals surface area contributed by atoms with Gasteiger partial charge in [0.05, 0.1) is 12.0 Å². The number of pyridine rings is 1. The Labute approximate surface area is 221 Å². The number of ether oxygens (including phenoxy) is 1. The predicted octanol–water partition coefficient (Wildman–Crippen LogP) is 5.25. The van der Waals surface area contributed by atoms with E-state index in [1.807, 2.05) is 24.5 Å². The van der Waals surface area contributed by atoms with Crippen LogP contribution in [-0.2, 0) is 22.9 Å². The zero-order chi connectivity index (χ0) is 25.9. The van der Waals surface area contributed by atoms with Crippen LogP contribution in [0.3, 0.4) is 0 Å². The van der Waals surface area contributed by atoms with Gasteiger partial charge in [0.25, 0.3) is 0 Å². The molecule has 0 radical (unpaired) electrons. The van der Waals surface area contributed by atoms with Gasteiger partial charge in [0, 0.05) is 30.9 Å². The summed E-state index contributed by atoms with van der Waals surface area (Å²) in [6.07, 6.45) is 12.2. The van der Waals surface area contributed by atoms with Crippen LogP contribution in [-0.4, -0.2) is 39.6 Å². The average molecular weight is 522 g/mol. The third-order valence-electron chi connectivity index (χ3n) is 7.24. The first-order valence-electron chi connectivity index (χ1n) is 13.4. The molecule has 0 fully saturated rings. The molecule has 0 unspecified atom stereocenters. The summed E-state index contributed by atoms with van der Waals surface area (Å²) in [6, 6.07) is 19.7. The molecule has 2 aromatic carbocycles. The lowest BCUT2D eigenvalue weighted by Gasteiger charge is -2.35. The van der Waals surface area contributed by atoms with Gasteiger partial charge in [0.15, 0.2) is 0 Å². The molecule has 4 rings (SSSR count). The first-order valence-corrected chi connectivity index (χ1v) is 14.9. The molecule has 0 saturated carbocycles. The molecule has 0 amide bonds. The van der Waals surface area contributed by atoms with Gasteiger partial charge in [0.1, 0.15) is 5.75 Å². The number of hydrogen-bond acceptors (Lipinski definition) is 5. The second-order valence-corrected chi connectivity index (χ2v) is 11.6. The van der Waals surface area contributed by atoms with Gasteiger partial charge in [-0.3, -0.25) is 4.98 Å². The summed E-state index contributed by atoms with van der Waals surface area (Å²) >= 11 is 0. The van der Waals surface area contributed by atoms with E-state index < -0.39 is 10.0 Å². The number of benzene rings is 2. The molecular weight excluding hydrogens is 482 g/mol. The van der Waals surface area contributed by atoms with Crippen molar-refractivity contribution in [1.82, 2.24) is 15.0 Å². The van der Waals surface area contributed by atoms with Gasteiger partial charge in [-0.2, -0.15) is 0 Å². The molecule has 0 saturated heterocycles. The van der Waals surface area contributed by atoms with E-state index in [2.05, 4.69) is 39.3 Å². The van der Waals surface area contributed by atoms with Gasteiger partial charge in [-0.05, 0) is 85.7 Å². The van der Waals surface area contributed by atoms with Crippen molar-refractivity contribution in [3.63, 3.8) is 0 Å². The SMILES string of the molecule is COc1ccc2c(c1)CC[C@@H](NCCCCCCCNS(=O)(=O)c1ccccc1)[C@H]2Cc1cccnc1. The smallest absolute Gasteiger partial charge is 0.240 e. The molecule has 1 aliphatic rings. The highest BCUT2D eigenvalue weighted by molar-refractivity contribution is 7.89. The molecule has 1 heterocycles. The van der Waals surface area contributed by atoms with Crippen molar-refractivity contribution in [2.24, 2.45) is 0 Å². The average Bonchev–Trinajstić information content (AvgIpc) is 2.93. The highest BCUT2D eigenvalue weighted by atomic mass is 32.2. The van der Waals surface area contributed by atoms with Gasteiger partial charge in [0.2, 0.25) is 10.0 Å². The number of unbranched alkanes of at least 4 members (excludes halogenated alkanes) is 4. The summed E-state index contributed by atoms with van der Waals surface area (Å²) in [7, 11) is -1.67. The van der Waals surface area contributed by atoms with Crippen LogP contribution >= 0.6 is 0 Å². The number of nitrogens with one attached hydrogen (secondary N) is 2. The maximum absolute atomic E-state index is 12.3. The Balaban J connectivity index is 1.20. The summed E-state index contributed by atoms with van der Waals surface area (Å²) in [5, 5.41) is 3.86. The third kappa shape index (κ3) is 7.87. The van der Waals surface area contributed by atoms with Gasteiger partial charge in [-0.25, -0.2) is 13.1 Å². The number of sulfonamides is 1. The van der Waals surface area contributed by atoms with Crippen molar-refractivity contribution in [2.45, 2.75) is 68.2 Å². The van der Waals surface area contributed by atoms with Gasteiger partial charge in [-0.15, -0.1) is 0 Å². The predicted molar refractivity (Wildman–Crippen MR) is 149 cm³/mol. The summed E-state index contributed by atoms with van der Waals surface area (Å²) in [5.74, 6) is 1.34. The maximum atomic E-state index is 12.3. The fourth-order valence-corrected chi connectivity index (χ4v) is 6.34. The molecule has 0 spiro atoms. The molecule has 37 heavy (non-hydrogen) atoms. The number of hydrogen-bond donors (Lipinski definition) is 2. The number of aromatic nitrogens is 1. The topological polar surface area (TPSA) is 80.3 Å². The fraction of sp³-hybridized carbons (Fsp3) is 0.433. The normalized spacial score (nSPS) is 17.3.